The molecule has 0 bridgehead atoms. The number of anilines is 1. The van der Waals surface area contributed by atoms with Crippen molar-refractivity contribution in [2.75, 3.05) is 25.7 Å². The first-order chi connectivity index (χ1) is 11.5. The molecule has 0 aliphatic heterocycles. The van der Waals surface area contributed by atoms with Crippen LogP contribution in [-0.4, -0.2) is 37.8 Å². The molecule has 9 heteroatoms. The van der Waals surface area contributed by atoms with Gasteiger partial charge in [-0.15, -0.1) is 0 Å². The number of hydrogen-bond acceptors (Lipinski definition) is 8. The van der Waals surface area contributed by atoms with Crippen LogP contribution in [0.2, 0.25) is 0 Å². The molecule has 0 unspecified atom stereocenters. The molecule has 0 saturated heterocycles. The molecule has 4 N–H and O–H groups in total. The van der Waals surface area contributed by atoms with Crippen LogP contribution in [0.25, 0.3) is 0 Å². The summed E-state index contributed by atoms with van der Waals surface area (Å²) in [7, 11) is 1.24. The van der Waals surface area contributed by atoms with Crippen molar-refractivity contribution in [3.8, 4) is 17.6 Å². The second kappa shape index (κ2) is 8.99. The third kappa shape index (κ3) is 4.61. The van der Waals surface area contributed by atoms with Crippen molar-refractivity contribution in [2.24, 2.45) is 10.8 Å². The Kier molecular flexibility index (Phi) is 7.03. The smallest absolute Gasteiger partial charge is 0.340 e. The van der Waals surface area contributed by atoms with Crippen molar-refractivity contribution >= 4 is 23.2 Å². The predicted octanol–water partition coefficient (Wildman–Crippen LogP) is 1.50. The van der Waals surface area contributed by atoms with E-state index in [0.717, 1.165) is 0 Å². The summed E-state index contributed by atoms with van der Waals surface area (Å²) in [5.41, 5.74) is 7.80. The van der Waals surface area contributed by atoms with Crippen molar-refractivity contribution in [1.82, 2.24) is 0 Å². The number of nitriles is 1. The van der Waals surface area contributed by atoms with Crippen LogP contribution in [0.3, 0.4) is 0 Å². The number of ether oxygens (including phenoxy) is 3. The largest absolute Gasteiger partial charge is 0.490 e. The Labute approximate surface area is 139 Å². The summed E-state index contributed by atoms with van der Waals surface area (Å²) in [6.45, 7) is 4.38. The predicted molar refractivity (Wildman–Crippen MR) is 88.7 cm³/mol. The molecular weight excluding hydrogens is 314 g/mol. The first-order valence-electron chi connectivity index (χ1n) is 7.08. The fraction of sp³-hybridized carbons (Fsp3) is 0.333. The van der Waals surface area contributed by atoms with Crippen molar-refractivity contribution in [3.05, 3.63) is 17.7 Å². The summed E-state index contributed by atoms with van der Waals surface area (Å²) in [6, 6.07) is 4.63. The van der Waals surface area contributed by atoms with Gasteiger partial charge in [0, 0.05) is 12.1 Å². The van der Waals surface area contributed by atoms with E-state index in [1.54, 1.807) is 19.9 Å². The number of nitrogens with two attached hydrogens (primary N) is 1. The third-order valence-corrected chi connectivity index (χ3v) is 2.74. The number of esters is 1. The Balaban J connectivity index is 3.38. The third-order valence-electron chi connectivity index (χ3n) is 2.74. The van der Waals surface area contributed by atoms with Crippen molar-refractivity contribution in [1.29, 1.82) is 10.7 Å². The summed E-state index contributed by atoms with van der Waals surface area (Å²) in [4.78, 5) is 12.0. The Bertz CT molecular complexity index is 694. The van der Waals surface area contributed by atoms with E-state index in [0.29, 0.717) is 24.7 Å². The molecule has 0 aliphatic rings. The monoisotopic (exact) mass is 333 g/mol. The number of carbonyl (C=O) groups is 1. The van der Waals surface area contributed by atoms with Gasteiger partial charge in [-0.05, 0) is 13.8 Å². The molecule has 0 fully saturated rings. The minimum atomic E-state index is -0.627. The van der Waals surface area contributed by atoms with Gasteiger partial charge in [-0.25, -0.2) is 4.79 Å². The second-order valence-corrected chi connectivity index (χ2v) is 4.30. The molecule has 0 atom stereocenters. The van der Waals surface area contributed by atoms with E-state index in [-0.39, 0.29) is 17.0 Å². The minimum Gasteiger partial charge on any atom is -0.490 e. The maximum Gasteiger partial charge on any atom is 0.340 e. The number of hydrogen-bond donors (Lipinski definition) is 3. The highest BCUT2D eigenvalue weighted by Gasteiger charge is 2.18. The van der Waals surface area contributed by atoms with E-state index < -0.39 is 11.8 Å². The van der Waals surface area contributed by atoms with Gasteiger partial charge >= 0.3 is 5.97 Å². The quantitative estimate of drug-likeness (QED) is 0.283. The summed E-state index contributed by atoms with van der Waals surface area (Å²) >= 11 is 0. The highest BCUT2D eigenvalue weighted by atomic mass is 16.5. The molecule has 128 valence electrons. The first-order valence-corrected chi connectivity index (χ1v) is 7.08. The molecule has 24 heavy (non-hydrogen) atoms. The topological polar surface area (TPSA) is 143 Å². The van der Waals surface area contributed by atoms with Crippen LogP contribution >= 0.6 is 0 Å². The average Bonchev–Trinajstić information content (AvgIpc) is 2.56. The molecule has 0 spiro atoms. The molecule has 0 aliphatic carbocycles. The van der Waals surface area contributed by atoms with Gasteiger partial charge in [0.05, 0.1) is 31.6 Å². The lowest BCUT2D eigenvalue weighted by atomic mass is 10.1. The van der Waals surface area contributed by atoms with Gasteiger partial charge < -0.3 is 19.9 Å². The Hall–Kier alpha value is -3.28. The molecule has 9 nitrogen and oxygen atoms in total. The SMILES string of the molecule is CCOc1cc(N/N=C(\C#N)C(=N)N)c(C(=O)OC)cc1OCC. The van der Waals surface area contributed by atoms with Gasteiger partial charge in [0.25, 0.3) is 0 Å². The van der Waals surface area contributed by atoms with Gasteiger partial charge in [-0.3, -0.25) is 10.8 Å². The fourth-order valence-electron chi connectivity index (χ4n) is 1.73. The molecule has 0 amide bonds. The lowest BCUT2D eigenvalue weighted by molar-refractivity contribution is 0.0601. The van der Waals surface area contributed by atoms with Crippen molar-refractivity contribution < 1.29 is 19.0 Å². The fourth-order valence-corrected chi connectivity index (χ4v) is 1.73. The summed E-state index contributed by atoms with van der Waals surface area (Å²) in [5.74, 6) is -0.356. The van der Waals surface area contributed by atoms with E-state index in [1.165, 1.54) is 19.2 Å². The first kappa shape index (κ1) is 18.8. The van der Waals surface area contributed by atoms with Crippen LogP contribution in [-0.2, 0) is 4.74 Å². The number of amidine groups is 1. The van der Waals surface area contributed by atoms with Gasteiger partial charge in [0.1, 0.15) is 6.07 Å². The zero-order valence-electron chi connectivity index (χ0n) is 13.7. The van der Waals surface area contributed by atoms with Crippen LogP contribution in [0.4, 0.5) is 5.69 Å². The summed E-state index contributed by atoms with van der Waals surface area (Å²) < 4.78 is 15.7. The van der Waals surface area contributed by atoms with Gasteiger partial charge in [0.2, 0.25) is 5.71 Å². The van der Waals surface area contributed by atoms with E-state index in [2.05, 4.69) is 10.5 Å². The van der Waals surface area contributed by atoms with Crippen LogP contribution in [0.15, 0.2) is 17.2 Å². The van der Waals surface area contributed by atoms with Crippen molar-refractivity contribution in [2.45, 2.75) is 13.8 Å². The molecule has 0 heterocycles. The normalized spacial score (nSPS) is 10.5. The highest BCUT2D eigenvalue weighted by Crippen LogP contribution is 2.34. The van der Waals surface area contributed by atoms with Crippen molar-refractivity contribution in [3.63, 3.8) is 0 Å². The van der Waals surface area contributed by atoms with Crippen LogP contribution in [0, 0.1) is 16.7 Å². The van der Waals surface area contributed by atoms with Gasteiger partial charge in [-0.1, -0.05) is 0 Å². The standard InChI is InChI=1S/C15H19N5O4/c1-4-23-12-6-9(15(21)22-3)10(7-13(12)24-5-2)19-20-11(8-16)14(17)18/h6-7,19H,4-5H2,1-3H3,(H3,17,18)/b20-11+. The Morgan fingerprint density at radius 2 is 1.92 bits per heavy atom. The van der Waals surface area contributed by atoms with E-state index >= 15 is 0 Å². The van der Waals surface area contributed by atoms with Gasteiger partial charge in [-0.2, -0.15) is 10.4 Å². The lowest BCUT2D eigenvalue weighted by Crippen LogP contribution is -2.22. The molecule has 0 radical (unpaired) electrons. The van der Waals surface area contributed by atoms with Crippen LogP contribution in [0.1, 0.15) is 24.2 Å². The molecule has 0 aromatic heterocycles. The zero-order chi connectivity index (χ0) is 18.1. The number of rotatable bonds is 8. The number of hydrazone groups is 1. The molecule has 0 saturated carbocycles. The number of carbonyl (C=O) groups excluding carboxylic acids is 1. The Morgan fingerprint density at radius 3 is 2.38 bits per heavy atom. The van der Waals surface area contributed by atoms with Crippen LogP contribution in [0.5, 0.6) is 11.5 Å². The van der Waals surface area contributed by atoms with E-state index in [9.17, 15) is 4.79 Å². The van der Waals surface area contributed by atoms with Gasteiger partial charge in [0.15, 0.2) is 17.3 Å². The number of benzene rings is 1. The minimum absolute atomic E-state index is 0.133. The maximum atomic E-state index is 12.0. The van der Waals surface area contributed by atoms with E-state index in [4.69, 9.17) is 30.6 Å². The maximum absolute atomic E-state index is 12.0. The number of nitrogens with one attached hydrogen (secondary N) is 2. The number of nitrogens with zero attached hydrogens (tertiary/aromatic N) is 2. The second-order valence-electron chi connectivity index (χ2n) is 4.30. The number of methoxy groups -OCH3 is 1. The van der Waals surface area contributed by atoms with Crippen LogP contribution < -0.4 is 20.6 Å². The molecule has 1 aromatic carbocycles. The molecular formula is C15H19N5O4. The summed E-state index contributed by atoms with van der Waals surface area (Å²) in [6.07, 6.45) is 0. The average molecular weight is 333 g/mol. The van der Waals surface area contributed by atoms with E-state index in [1.807, 2.05) is 0 Å². The zero-order valence-corrected chi connectivity index (χ0v) is 13.7. The molecule has 1 aromatic rings. The lowest BCUT2D eigenvalue weighted by Gasteiger charge is -2.15. The summed E-state index contributed by atoms with van der Waals surface area (Å²) in [5, 5.41) is 19.8. The molecule has 1 rings (SSSR count). The highest BCUT2D eigenvalue weighted by molar-refractivity contribution is 6.45. The Morgan fingerprint density at radius 1 is 1.33 bits per heavy atom.